The van der Waals surface area contributed by atoms with Gasteiger partial charge in [-0.2, -0.15) is 0 Å². The number of aromatic nitrogens is 1. The number of aryl methyl sites for hydroxylation is 1. The average Bonchev–Trinajstić information content (AvgIpc) is 2.95. The zero-order valence-corrected chi connectivity index (χ0v) is 14.8. The molecule has 0 aliphatic carbocycles. The number of H-pyrrole nitrogens is 1. The van der Waals surface area contributed by atoms with Crippen molar-refractivity contribution in [3.05, 3.63) is 35.5 Å². The summed E-state index contributed by atoms with van der Waals surface area (Å²) in [5.41, 5.74) is 2.70. The molecule has 1 aliphatic heterocycles. The van der Waals surface area contributed by atoms with Gasteiger partial charge in [-0.15, -0.1) is 0 Å². The van der Waals surface area contributed by atoms with Crippen LogP contribution in [0.2, 0.25) is 0 Å². The molecule has 2 N–H and O–H groups in total. The maximum atomic E-state index is 12.8. The predicted molar refractivity (Wildman–Crippen MR) is 94.5 cm³/mol. The molecule has 1 aromatic carbocycles. The van der Waals surface area contributed by atoms with Gasteiger partial charge in [0.25, 0.3) is 5.91 Å². The Morgan fingerprint density at radius 1 is 1.38 bits per heavy atom. The third kappa shape index (κ3) is 3.96. The summed E-state index contributed by atoms with van der Waals surface area (Å²) in [5.74, 6) is 0.136. The van der Waals surface area contributed by atoms with Crippen LogP contribution in [-0.2, 0) is 10.0 Å². The Kier molecular flexibility index (Phi) is 4.64. The molecule has 2 heterocycles. The fourth-order valence-corrected chi connectivity index (χ4v) is 3.75. The Labute approximate surface area is 142 Å². The van der Waals surface area contributed by atoms with Crippen LogP contribution in [0.25, 0.3) is 10.9 Å². The standard InChI is InChI=1S/C17H23N3O3S/c1-12-5-6-14-9-16(19-15(14)8-12)17(21)20-7-3-4-13(11-20)10-18-24(2,22)23/h5-6,8-9,13,18-19H,3-4,7,10-11H2,1-2H3. The number of benzene rings is 1. The number of nitrogens with one attached hydrogen (secondary N) is 2. The smallest absolute Gasteiger partial charge is 0.270 e. The van der Waals surface area contributed by atoms with Crippen LogP contribution in [0.4, 0.5) is 0 Å². The molecule has 3 rings (SSSR count). The molecule has 0 bridgehead atoms. The first-order chi connectivity index (χ1) is 11.3. The summed E-state index contributed by atoms with van der Waals surface area (Å²) in [6.07, 6.45) is 2.98. The first-order valence-corrected chi connectivity index (χ1v) is 10.0. The Hall–Kier alpha value is -1.86. The van der Waals surface area contributed by atoms with Gasteiger partial charge in [0, 0.05) is 30.5 Å². The van der Waals surface area contributed by atoms with Crippen molar-refractivity contribution in [2.24, 2.45) is 5.92 Å². The van der Waals surface area contributed by atoms with Crippen LogP contribution in [-0.4, -0.2) is 50.1 Å². The van der Waals surface area contributed by atoms with Gasteiger partial charge in [-0.1, -0.05) is 12.1 Å². The van der Waals surface area contributed by atoms with E-state index in [-0.39, 0.29) is 11.8 Å². The van der Waals surface area contributed by atoms with Crippen LogP contribution < -0.4 is 4.72 Å². The number of fused-ring (bicyclic) bond motifs is 1. The van der Waals surface area contributed by atoms with Crippen molar-refractivity contribution in [3.63, 3.8) is 0 Å². The number of carbonyl (C=O) groups excluding carboxylic acids is 1. The number of likely N-dealkylation sites (tertiary alicyclic amines) is 1. The van der Waals surface area contributed by atoms with E-state index in [1.807, 2.05) is 36.1 Å². The topological polar surface area (TPSA) is 82.3 Å². The lowest BCUT2D eigenvalue weighted by Gasteiger charge is -2.32. The fraction of sp³-hybridized carbons (Fsp3) is 0.471. The Morgan fingerprint density at radius 3 is 2.92 bits per heavy atom. The van der Waals surface area contributed by atoms with Crippen molar-refractivity contribution in [2.75, 3.05) is 25.9 Å². The van der Waals surface area contributed by atoms with E-state index >= 15 is 0 Å². The lowest BCUT2D eigenvalue weighted by Crippen LogP contribution is -2.43. The normalized spacial score (nSPS) is 18.9. The lowest BCUT2D eigenvalue weighted by atomic mass is 9.98. The highest BCUT2D eigenvalue weighted by Crippen LogP contribution is 2.21. The number of piperidine rings is 1. The summed E-state index contributed by atoms with van der Waals surface area (Å²) >= 11 is 0. The summed E-state index contributed by atoms with van der Waals surface area (Å²) in [5, 5.41) is 1.02. The molecule has 130 valence electrons. The molecule has 2 aromatic rings. The zero-order valence-electron chi connectivity index (χ0n) is 14.0. The van der Waals surface area contributed by atoms with Gasteiger partial charge in [0.2, 0.25) is 10.0 Å². The molecule has 24 heavy (non-hydrogen) atoms. The number of hydrogen-bond donors (Lipinski definition) is 2. The maximum absolute atomic E-state index is 12.8. The lowest BCUT2D eigenvalue weighted by molar-refractivity contribution is 0.0671. The van der Waals surface area contributed by atoms with Gasteiger partial charge in [0.15, 0.2) is 0 Å². The van der Waals surface area contributed by atoms with Crippen LogP contribution in [0, 0.1) is 12.8 Å². The van der Waals surface area contributed by atoms with E-state index in [0.717, 1.165) is 35.6 Å². The van der Waals surface area contributed by atoms with Crippen molar-refractivity contribution < 1.29 is 13.2 Å². The van der Waals surface area contributed by atoms with Gasteiger partial charge in [-0.3, -0.25) is 4.79 Å². The molecule has 7 heteroatoms. The van der Waals surface area contributed by atoms with E-state index in [2.05, 4.69) is 9.71 Å². The molecule has 1 unspecified atom stereocenters. The van der Waals surface area contributed by atoms with Crippen molar-refractivity contribution in [3.8, 4) is 0 Å². The van der Waals surface area contributed by atoms with Gasteiger partial charge in [-0.05, 0) is 43.4 Å². The highest BCUT2D eigenvalue weighted by Gasteiger charge is 2.25. The van der Waals surface area contributed by atoms with Crippen molar-refractivity contribution >= 4 is 26.8 Å². The van der Waals surface area contributed by atoms with Gasteiger partial charge in [0.05, 0.1) is 6.26 Å². The molecular weight excluding hydrogens is 326 g/mol. The van der Waals surface area contributed by atoms with E-state index in [0.29, 0.717) is 25.3 Å². The second-order valence-corrected chi connectivity index (χ2v) is 8.49. The summed E-state index contributed by atoms with van der Waals surface area (Å²) in [7, 11) is -3.19. The number of hydrogen-bond acceptors (Lipinski definition) is 3. The highest BCUT2D eigenvalue weighted by atomic mass is 32.2. The van der Waals surface area contributed by atoms with Crippen molar-refractivity contribution in [1.82, 2.24) is 14.6 Å². The SMILES string of the molecule is Cc1ccc2cc(C(=O)N3CCCC(CNS(C)(=O)=O)C3)[nH]c2c1. The van der Waals surface area contributed by atoms with E-state index in [4.69, 9.17) is 0 Å². The van der Waals surface area contributed by atoms with Gasteiger partial charge >= 0.3 is 0 Å². The van der Waals surface area contributed by atoms with Crippen molar-refractivity contribution in [2.45, 2.75) is 19.8 Å². The minimum absolute atomic E-state index is 0.0205. The fourth-order valence-electron chi connectivity index (χ4n) is 3.21. The number of rotatable bonds is 4. The average molecular weight is 349 g/mol. The largest absolute Gasteiger partial charge is 0.351 e. The van der Waals surface area contributed by atoms with E-state index in [1.54, 1.807) is 0 Å². The minimum Gasteiger partial charge on any atom is -0.351 e. The van der Waals surface area contributed by atoms with E-state index in [1.165, 1.54) is 0 Å². The Morgan fingerprint density at radius 2 is 2.17 bits per heavy atom. The Balaban J connectivity index is 1.71. The Bertz CT molecular complexity index is 857. The van der Waals surface area contributed by atoms with E-state index in [9.17, 15) is 13.2 Å². The molecular formula is C17H23N3O3S. The van der Waals surface area contributed by atoms with Crippen LogP contribution >= 0.6 is 0 Å². The molecule has 1 amide bonds. The quantitative estimate of drug-likeness (QED) is 0.884. The molecule has 0 saturated carbocycles. The molecule has 1 aromatic heterocycles. The third-order valence-electron chi connectivity index (χ3n) is 4.45. The summed E-state index contributed by atoms with van der Waals surface area (Å²) < 4.78 is 25.0. The second kappa shape index (κ2) is 6.57. The third-order valence-corrected chi connectivity index (χ3v) is 5.14. The summed E-state index contributed by atoms with van der Waals surface area (Å²) in [6.45, 7) is 3.69. The van der Waals surface area contributed by atoms with Gasteiger partial charge < -0.3 is 9.88 Å². The number of aromatic amines is 1. The summed E-state index contributed by atoms with van der Waals surface area (Å²) in [6, 6.07) is 7.95. The second-order valence-electron chi connectivity index (χ2n) is 6.65. The highest BCUT2D eigenvalue weighted by molar-refractivity contribution is 7.88. The summed E-state index contributed by atoms with van der Waals surface area (Å²) in [4.78, 5) is 17.8. The number of amides is 1. The van der Waals surface area contributed by atoms with E-state index < -0.39 is 10.0 Å². The van der Waals surface area contributed by atoms with Crippen LogP contribution in [0.3, 0.4) is 0 Å². The minimum atomic E-state index is -3.19. The first kappa shape index (κ1) is 17.0. The molecule has 0 spiro atoms. The van der Waals surface area contributed by atoms with Crippen molar-refractivity contribution in [1.29, 1.82) is 0 Å². The molecule has 1 aliphatic rings. The van der Waals surface area contributed by atoms with Crippen LogP contribution in [0.5, 0.6) is 0 Å². The molecule has 1 saturated heterocycles. The zero-order chi connectivity index (χ0) is 17.3. The maximum Gasteiger partial charge on any atom is 0.270 e. The molecule has 0 radical (unpaired) electrons. The number of sulfonamides is 1. The number of carbonyl (C=O) groups is 1. The molecule has 6 nitrogen and oxygen atoms in total. The van der Waals surface area contributed by atoms with Crippen LogP contribution in [0.15, 0.2) is 24.3 Å². The predicted octanol–water partition coefficient (Wildman–Crippen LogP) is 1.88. The van der Waals surface area contributed by atoms with Crippen LogP contribution in [0.1, 0.15) is 28.9 Å². The molecule has 1 fully saturated rings. The van der Waals surface area contributed by atoms with Gasteiger partial charge in [-0.25, -0.2) is 13.1 Å². The number of nitrogens with zero attached hydrogens (tertiary/aromatic N) is 1. The molecule has 1 atom stereocenters. The monoisotopic (exact) mass is 349 g/mol. The first-order valence-electron chi connectivity index (χ1n) is 8.15. The van der Waals surface area contributed by atoms with Gasteiger partial charge in [0.1, 0.15) is 5.69 Å².